The summed E-state index contributed by atoms with van der Waals surface area (Å²) >= 11 is 0. The Bertz CT molecular complexity index is 1130. The molecule has 0 aliphatic rings. The second-order valence-corrected chi connectivity index (χ2v) is 7.46. The topological polar surface area (TPSA) is 111 Å². The van der Waals surface area contributed by atoms with Crippen molar-refractivity contribution in [3.8, 4) is 0 Å². The van der Waals surface area contributed by atoms with Crippen molar-refractivity contribution in [3.05, 3.63) is 74.3 Å². The van der Waals surface area contributed by atoms with E-state index in [4.69, 9.17) is 4.42 Å². The van der Waals surface area contributed by atoms with E-state index in [1.165, 1.54) is 28.3 Å². The van der Waals surface area contributed by atoms with E-state index in [1.807, 2.05) is 12.1 Å². The Kier molecular flexibility index (Phi) is 7.19. The van der Waals surface area contributed by atoms with Gasteiger partial charge in [-0.1, -0.05) is 31.2 Å². The van der Waals surface area contributed by atoms with E-state index >= 15 is 0 Å². The molecular formula is C22H26N4O5. The van der Waals surface area contributed by atoms with E-state index in [1.54, 1.807) is 0 Å². The highest BCUT2D eigenvalue weighted by Crippen LogP contribution is 2.20. The Morgan fingerprint density at radius 2 is 2.00 bits per heavy atom. The van der Waals surface area contributed by atoms with Gasteiger partial charge in [0.15, 0.2) is 5.58 Å². The molecule has 9 heteroatoms. The maximum Gasteiger partial charge on any atom is 0.419 e. The summed E-state index contributed by atoms with van der Waals surface area (Å²) in [7, 11) is 2.06. The quantitative estimate of drug-likeness (QED) is 0.394. The van der Waals surface area contributed by atoms with Gasteiger partial charge in [-0.3, -0.25) is 19.5 Å². The third kappa shape index (κ3) is 5.79. The van der Waals surface area contributed by atoms with Crippen LogP contribution in [0.4, 0.5) is 5.69 Å². The number of hydrogen-bond acceptors (Lipinski definition) is 6. The van der Waals surface area contributed by atoms with Gasteiger partial charge in [0.05, 0.1) is 16.5 Å². The lowest BCUT2D eigenvalue weighted by Crippen LogP contribution is -2.23. The van der Waals surface area contributed by atoms with Crippen molar-refractivity contribution in [1.82, 2.24) is 14.8 Å². The van der Waals surface area contributed by atoms with Crippen molar-refractivity contribution in [2.75, 3.05) is 13.6 Å². The van der Waals surface area contributed by atoms with E-state index in [2.05, 4.69) is 36.3 Å². The van der Waals surface area contributed by atoms with E-state index in [0.717, 1.165) is 18.7 Å². The number of nitro benzene ring substituents is 1. The fourth-order valence-electron chi connectivity index (χ4n) is 3.33. The molecule has 0 aliphatic heterocycles. The molecule has 1 N–H and O–H groups in total. The van der Waals surface area contributed by atoms with Crippen molar-refractivity contribution in [2.24, 2.45) is 0 Å². The fourth-order valence-corrected chi connectivity index (χ4v) is 3.33. The minimum absolute atomic E-state index is 0.104. The highest BCUT2D eigenvalue weighted by Gasteiger charge is 2.14. The first-order valence-corrected chi connectivity index (χ1v) is 10.2. The van der Waals surface area contributed by atoms with E-state index in [-0.39, 0.29) is 30.1 Å². The number of benzene rings is 2. The van der Waals surface area contributed by atoms with Crippen LogP contribution >= 0.6 is 0 Å². The number of carbonyl (C=O) groups is 1. The molecule has 0 fully saturated rings. The summed E-state index contributed by atoms with van der Waals surface area (Å²) in [6.45, 7) is 4.66. The number of nitro groups is 1. The van der Waals surface area contributed by atoms with Crippen molar-refractivity contribution in [3.63, 3.8) is 0 Å². The first kappa shape index (κ1) is 22.2. The van der Waals surface area contributed by atoms with Crippen LogP contribution < -0.4 is 11.1 Å². The van der Waals surface area contributed by atoms with Crippen LogP contribution in [0.25, 0.3) is 11.1 Å². The van der Waals surface area contributed by atoms with E-state index < -0.39 is 10.7 Å². The molecule has 31 heavy (non-hydrogen) atoms. The summed E-state index contributed by atoms with van der Waals surface area (Å²) in [5.74, 6) is -0.697. The van der Waals surface area contributed by atoms with Gasteiger partial charge in [-0.2, -0.15) is 0 Å². The lowest BCUT2D eigenvalue weighted by molar-refractivity contribution is -0.384. The molecular weight excluding hydrogens is 400 g/mol. The molecule has 1 amide bonds. The number of hydrogen-bond donors (Lipinski definition) is 1. The Morgan fingerprint density at radius 1 is 1.23 bits per heavy atom. The van der Waals surface area contributed by atoms with Crippen LogP contribution in [-0.2, 0) is 24.4 Å². The van der Waals surface area contributed by atoms with Gasteiger partial charge >= 0.3 is 5.76 Å². The Balaban J connectivity index is 1.52. The van der Waals surface area contributed by atoms with Gasteiger partial charge in [-0.25, -0.2) is 4.79 Å². The third-order valence-corrected chi connectivity index (χ3v) is 5.12. The number of amides is 1. The number of oxazole rings is 1. The maximum atomic E-state index is 12.2. The van der Waals surface area contributed by atoms with Gasteiger partial charge in [0.1, 0.15) is 0 Å². The molecule has 9 nitrogen and oxygen atoms in total. The fraction of sp³-hybridized carbons (Fsp3) is 0.364. The van der Waals surface area contributed by atoms with Crippen molar-refractivity contribution in [1.29, 1.82) is 0 Å². The largest absolute Gasteiger partial charge is 0.419 e. The van der Waals surface area contributed by atoms with Gasteiger partial charge in [-0.05, 0) is 37.2 Å². The average molecular weight is 426 g/mol. The standard InChI is InChI=1S/C22H26N4O5/c1-3-24(2)15-17-7-4-6-16(12-17)14-23-21(27)8-5-11-25-19-10-9-18(26(29)30)13-20(19)31-22(25)28/h4,6-7,9-10,12-13H,3,5,8,11,14-15H2,1-2H3,(H,23,27). The summed E-state index contributed by atoms with van der Waals surface area (Å²) in [6.07, 6.45) is 0.697. The Hall–Kier alpha value is -3.46. The summed E-state index contributed by atoms with van der Waals surface area (Å²) < 4.78 is 6.49. The molecule has 1 aromatic heterocycles. The number of non-ortho nitro benzene ring substituents is 1. The lowest BCUT2D eigenvalue weighted by Gasteiger charge is -2.14. The number of aromatic nitrogens is 1. The second-order valence-electron chi connectivity index (χ2n) is 7.46. The van der Waals surface area contributed by atoms with Crippen LogP contribution in [0.1, 0.15) is 30.9 Å². The SMILES string of the molecule is CCN(C)Cc1cccc(CNC(=O)CCCn2c(=O)oc3cc([N+](=O)[O-])ccc32)c1. The zero-order valence-corrected chi connectivity index (χ0v) is 17.7. The van der Waals surface area contributed by atoms with Gasteiger partial charge < -0.3 is 14.6 Å². The number of fused-ring (bicyclic) bond motifs is 1. The normalized spacial score (nSPS) is 11.2. The highest BCUT2D eigenvalue weighted by atomic mass is 16.6. The van der Waals surface area contributed by atoms with Crippen LogP contribution in [-0.4, -0.2) is 33.9 Å². The first-order valence-electron chi connectivity index (χ1n) is 10.2. The minimum Gasteiger partial charge on any atom is -0.407 e. The zero-order chi connectivity index (χ0) is 22.4. The minimum atomic E-state index is -0.593. The van der Waals surface area contributed by atoms with Crippen molar-refractivity contribution >= 4 is 22.7 Å². The number of rotatable bonds is 10. The van der Waals surface area contributed by atoms with Crippen LogP contribution in [0.5, 0.6) is 0 Å². The summed E-state index contributed by atoms with van der Waals surface area (Å²) in [5, 5.41) is 13.8. The van der Waals surface area contributed by atoms with Crippen LogP contribution in [0.3, 0.4) is 0 Å². The third-order valence-electron chi connectivity index (χ3n) is 5.12. The molecule has 0 unspecified atom stereocenters. The predicted molar refractivity (Wildman–Crippen MR) is 117 cm³/mol. The molecule has 2 aromatic carbocycles. The zero-order valence-electron chi connectivity index (χ0n) is 17.7. The predicted octanol–water partition coefficient (Wildman–Crippen LogP) is 3.05. The van der Waals surface area contributed by atoms with Gasteiger partial charge in [0, 0.05) is 32.1 Å². The van der Waals surface area contributed by atoms with Crippen molar-refractivity contribution in [2.45, 2.75) is 39.4 Å². The summed E-state index contributed by atoms with van der Waals surface area (Å²) in [5.41, 5.74) is 2.73. The molecule has 0 radical (unpaired) electrons. The highest BCUT2D eigenvalue weighted by molar-refractivity contribution is 5.76. The molecule has 164 valence electrons. The van der Waals surface area contributed by atoms with Gasteiger partial charge in [-0.15, -0.1) is 0 Å². The molecule has 0 saturated heterocycles. The summed E-state index contributed by atoms with van der Waals surface area (Å²) in [6, 6.07) is 12.2. The van der Waals surface area contributed by atoms with Crippen LogP contribution in [0.15, 0.2) is 51.7 Å². The van der Waals surface area contributed by atoms with E-state index in [0.29, 0.717) is 18.5 Å². The molecule has 3 rings (SSSR count). The maximum absolute atomic E-state index is 12.2. The molecule has 0 aliphatic carbocycles. The molecule has 0 bridgehead atoms. The molecule has 1 heterocycles. The monoisotopic (exact) mass is 426 g/mol. The smallest absolute Gasteiger partial charge is 0.407 e. The van der Waals surface area contributed by atoms with Crippen LogP contribution in [0.2, 0.25) is 0 Å². The molecule has 3 aromatic rings. The number of nitrogens with one attached hydrogen (secondary N) is 1. The number of carbonyl (C=O) groups excluding carboxylic acids is 1. The Morgan fingerprint density at radius 3 is 2.74 bits per heavy atom. The lowest BCUT2D eigenvalue weighted by atomic mass is 10.1. The molecule has 0 spiro atoms. The average Bonchev–Trinajstić information content (AvgIpc) is 3.06. The van der Waals surface area contributed by atoms with Gasteiger partial charge in [0.2, 0.25) is 5.91 Å². The van der Waals surface area contributed by atoms with Crippen LogP contribution in [0, 0.1) is 10.1 Å². The molecule has 0 atom stereocenters. The second kappa shape index (κ2) is 10.0. The van der Waals surface area contributed by atoms with E-state index in [9.17, 15) is 19.7 Å². The molecule has 0 saturated carbocycles. The number of aryl methyl sites for hydroxylation is 1. The van der Waals surface area contributed by atoms with Crippen molar-refractivity contribution < 1.29 is 14.1 Å². The first-order chi connectivity index (χ1) is 14.9. The number of nitrogens with zero attached hydrogens (tertiary/aromatic N) is 3. The summed E-state index contributed by atoms with van der Waals surface area (Å²) in [4.78, 5) is 36.8. The Labute approximate surface area is 179 Å². The van der Waals surface area contributed by atoms with Gasteiger partial charge in [0.25, 0.3) is 5.69 Å².